The van der Waals surface area contributed by atoms with Crippen LogP contribution in [0.15, 0.2) is 11.4 Å². The van der Waals surface area contributed by atoms with Crippen LogP contribution in [0, 0.1) is 6.92 Å². The van der Waals surface area contributed by atoms with Crippen molar-refractivity contribution in [2.45, 2.75) is 20.8 Å². The monoisotopic (exact) mass is 197 g/mol. The second kappa shape index (κ2) is 5.11. The average Bonchev–Trinajstić information content (AvgIpc) is 2.18. The summed E-state index contributed by atoms with van der Waals surface area (Å²) in [5, 5.41) is 18.3. The number of aromatic nitrogens is 1. The molecule has 0 aliphatic carbocycles. The second-order valence-electron chi connectivity index (χ2n) is 2.39. The lowest BCUT2D eigenvalue weighted by Crippen LogP contribution is -2.07. The molecule has 0 unspecified atom stereocenters. The Morgan fingerprint density at radius 3 is 2.29 bits per heavy atom. The number of rotatable bonds is 1. The molecular formula is C10H15NO3. The second-order valence-corrected chi connectivity index (χ2v) is 2.39. The van der Waals surface area contributed by atoms with Crippen LogP contribution < -0.4 is 5.56 Å². The summed E-state index contributed by atoms with van der Waals surface area (Å²) in [5.41, 5.74) is -0.0334. The SMILES string of the molecule is C=Cc1c(O)[nH]c(=O)c(O)c1C.CC. The number of aromatic hydroxyl groups is 2. The zero-order valence-corrected chi connectivity index (χ0v) is 8.59. The Morgan fingerprint density at radius 2 is 1.86 bits per heavy atom. The van der Waals surface area contributed by atoms with Crippen LogP contribution in [-0.2, 0) is 0 Å². The number of H-pyrrole nitrogens is 1. The van der Waals surface area contributed by atoms with E-state index in [1.165, 1.54) is 13.0 Å². The highest BCUT2D eigenvalue weighted by Crippen LogP contribution is 2.22. The van der Waals surface area contributed by atoms with Gasteiger partial charge in [-0.05, 0) is 6.92 Å². The Kier molecular flexibility index (Phi) is 4.49. The molecule has 4 nitrogen and oxygen atoms in total. The van der Waals surface area contributed by atoms with E-state index in [1.54, 1.807) is 0 Å². The first-order valence-electron chi connectivity index (χ1n) is 4.35. The van der Waals surface area contributed by atoms with Gasteiger partial charge < -0.3 is 10.2 Å². The maximum atomic E-state index is 10.8. The van der Waals surface area contributed by atoms with E-state index >= 15 is 0 Å². The average molecular weight is 197 g/mol. The Morgan fingerprint density at radius 1 is 1.36 bits per heavy atom. The summed E-state index contributed by atoms with van der Waals surface area (Å²) in [5.74, 6) is -0.659. The largest absolute Gasteiger partial charge is 0.503 e. The van der Waals surface area contributed by atoms with Gasteiger partial charge in [0, 0.05) is 11.1 Å². The fraction of sp³-hybridized carbons (Fsp3) is 0.300. The maximum absolute atomic E-state index is 10.8. The van der Waals surface area contributed by atoms with E-state index in [9.17, 15) is 4.79 Å². The highest BCUT2D eigenvalue weighted by atomic mass is 16.3. The van der Waals surface area contributed by atoms with Gasteiger partial charge in [0.05, 0.1) is 0 Å². The van der Waals surface area contributed by atoms with Crippen molar-refractivity contribution >= 4 is 6.08 Å². The van der Waals surface area contributed by atoms with Crippen LogP contribution in [0.4, 0.5) is 0 Å². The van der Waals surface area contributed by atoms with Crippen LogP contribution in [0.1, 0.15) is 25.0 Å². The van der Waals surface area contributed by atoms with Crippen LogP contribution in [0.2, 0.25) is 0 Å². The number of hydrogen-bond donors (Lipinski definition) is 3. The summed E-state index contributed by atoms with van der Waals surface area (Å²) in [6, 6.07) is 0. The van der Waals surface area contributed by atoms with E-state index in [4.69, 9.17) is 10.2 Å². The van der Waals surface area contributed by atoms with Crippen LogP contribution in [0.5, 0.6) is 11.6 Å². The molecule has 0 bridgehead atoms. The minimum atomic E-state index is -0.699. The molecule has 1 aromatic heterocycles. The summed E-state index contributed by atoms with van der Waals surface area (Å²) in [6.45, 7) is 8.96. The van der Waals surface area contributed by atoms with Gasteiger partial charge in [-0.2, -0.15) is 0 Å². The van der Waals surface area contributed by atoms with Gasteiger partial charge in [0.25, 0.3) is 5.56 Å². The molecule has 0 spiro atoms. The minimum Gasteiger partial charge on any atom is -0.503 e. The van der Waals surface area contributed by atoms with Gasteiger partial charge in [-0.1, -0.05) is 26.5 Å². The third-order valence-electron chi connectivity index (χ3n) is 1.67. The first kappa shape index (κ1) is 12.3. The summed E-state index contributed by atoms with van der Waals surface area (Å²) in [6.07, 6.45) is 1.36. The topological polar surface area (TPSA) is 73.3 Å². The fourth-order valence-corrected chi connectivity index (χ4v) is 0.959. The number of hydrogen-bond acceptors (Lipinski definition) is 3. The number of nitrogens with one attached hydrogen (secondary N) is 1. The van der Waals surface area contributed by atoms with Crippen molar-refractivity contribution in [2.75, 3.05) is 0 Å². The van der Waals surface area contributed by atoms with E-state index in [1.807, 2.05) is 13.8 Å². The van der Waals surface area contributed by atoms with Crippen LogP contribution >= 0.6 is 0 Å². The standard InChI is InChI=1S/C8H9NO3.C2H6/c1-3-5-4(2)6(10)8(12)9-7(5)11;1-2/h3,10H,1H2,2H3,(H2,9,11,12);1-2H3. The molecule has 14 heavy (non-hydrogen) atoms. The van der Waals surface area contributed by atoms with E-state index in [2.05, 4.69) is 11.6 Å². The molecule has 0 atom stereocenters. The molecule has 3 N–H and O–H groups in total. The lowest BCUT2D eigenvalue weighted by atomic mass is 10.1. The van der Waals surface area contributed by atoms with Crippen LogP contribution in [-0.4, -0.2) is 15.2 Å². The molecule has 0 aliphatic rings. The van der Waals surface area contributed by atoms with Crippen LogP contribution in [0.3, 0.4) is 0 Å². The van der Waals surface area contributed by atoms with Gasteiger partial charge in [0.2, 0.25) is 0 Å². The maximum Gasteiger partial charge on any atom is 0.293 e. The van der Waals surface area contributed by atoms with Gasteiger partial charge in [0.15, 0.2) is 11.6 Å². The molecule has 0 radical (unpaired) electrons. The molecule has 0 saturated heterocycles. The molecule has 78 valence electrons. The van der Waals surface area contributed by atoms with Crippen molar-refractivity contribution in [3.05, 3.63) is 28.1 Å². The predicted octanol–water partition coefficient (Wildman–Crippen LogP) is 1.76. The molecule has 1 rings (SSSR count). The van der Waals surface area contributed by atoms with E-state index < -0.39 is 5.56 Å². The molecule has 0 aliphatic heterocycles. The third kappa shape index (κ3) is 2.16. The van der Waals surface area contributed by atoms with E-state index in [0.717, 1.165) is 0 Å². The van der Waals surface area contributed by atoms with Crippen molar-refractivity contribution in [3.63, 3.8) is 0 Å². The van der Waals surface area contributed by atoms with Gasteiger partial charge in [-0.3, -0.25) is 9.78 Å². The van der Waals surface area contributed by atoms with Crippen LogP contribution in [0.25, 0.3) is 6.08 Å². The molecule has 4 heteroatoms. The Balaban J connectivity index is 0.000000791. The van der Waals surface area contributed by atoms with Gasteiger partial charge in [0.1, 0.15) is 0 Å². The molecule has 0 fully saturated rings. The molecule has 0 aromatic carbocycles. The smallest absolute Gasteiger partial charge is 0.293 e. The predicted molar refractivity (Wildman–Crippen MR) is 56.6 cm³/mol. The van der Waals surface area contributed by atoms with Crippen molar-refractivity contribution < 1.29 is 10.2 Å². The van der Waals surface area contributed by atoms with Crippen molar-refractivity contribution in [3.8, 4) is 11.6 Å². The number of pyridine rings is 1. The summed E-state index contributed by atoms with van der Waals surface area (Å²) in [4.78, 5) is 12.9. The van der Waals surface area contributed by atoms with Gasteiger partial charge in [-0.15, -0.1) is 0 Å². The van der Waals surface area contributed by atoms with Gasteiger partial charge >= 0.3 is 0 Å². The van der Waals surface area contributed by atoms with E-state index in [-0.39, 0.29) is 11.6 Å². The summed E-state index contributed by atoms with van der Waals surface area (Å²) in [7, 11) is 0. The van der Waals surface area contributed by atoms with Gasteiger partial charge in [-0.25, -0.2) is 0 Å². The summed E-state index contributed by atoms with van der Waals surface area (Å²) >= 11 is 0. The molecule has 0 amide bonds. The fourth-order valence-electron chi connectivity index (χ4n) is 0.959. The lowest BCUT2D eigenvalue weighted by molar-refractivity contribution is 0.430. The summed E-state index contributed by atoms with van der Waals surface area (Å²) < 4.78 is 0. The number of aromatic amines is 1. The highest BCUT2D eigenvalue weighted by Gasteiger charge is 2.09. The van der Waals surface area contributed by atoms with Crippen molar-refractivity contribution in [1.29, 1.82) is 0 Å². The third-order valence-corrected chi connectivity index (χ3v) is 1.67. The Bertz CT molecular complexity index is 380. The zero-order valence-electron chi connectivity index (χ0n) is 8.59. The first-order valence-corrected chi connectivity index (χ1v) is 4.35. The molecule has 0 saturated carbocycles. The molecule has 1 aromatic rings. The van der Waals surface area contributed by atoms with Crippen molar-refractivity contribution in [1.82, 2.24) is 4.98 Å². The highest BCUT2D eigenvalue weighted by molar-refractivity contribution is 5.59. The lowest BCUT2D eigenvalue weighted by Gasteiger charge is -2.03. The normalized spacial score (nSPS) is 8.79. The first-order chi connectivity index (χ1) is 6.57. The Labute approximate surface area is 82.5 Å². The zero-order chi connectivity index (χ0) is 11.3. The molecule has 1 heterocycles. The molecular weight excluding hydrogens is 182 g/mol. The Hall–Kier alpha value is -1.71. The van der Waals surface area contributed by atoms with Crippen molar-refractivity contribution in [2.24, 2.45) is 0 Å². The van der Waals surface area contributed by atoms with E-state index in [0.29, 0.717) is 11.1 Å². The minimum absolute atomic E-state index is 0.273. The quantitative estimate of drug-likeness (QED) is 0.642.